The fourth-order valence-corrected chi connectivity index (χ4v) is 3.24. The molecule has 0 saturated heterocycles. The molecule has 4 aromatic rings. The summed E-state index contributed by atoms with van der Waals surface area (Å²) >= 11 is 0. The zero-order chi connectivity index (χ0) is 21.3. The third-order valence-electron chi connectivity index (χ3n) is 4.70. The summed E-state index contributed by atoms with van der Waals surface area (Å²) in [5.74, 6) is 0.414. The van der Waals surface area contributed by atoms with Crippen LogP contribution in [0.4, 0.5) is 0 Å². The molecule has 0 aliphatic rings. The third kappa shape index (κ3) is 3.64. The highest BCUT2D eigenvalue weighted by atomic mass is 16.5. The first-order chi connectivity index (χ1) is 14.4. The van der Waals surface area contributed by atoms with Gasteiger partial charge in [-0.05, 0) is 51.1 Å². The largest absolute Gasteiger partial charge is 0.454 e. The first-order valence-electron chi connectivity index (χ1n) is 9.22. The summed E-state index contributed by atoms with van der Waals surface area (Å²) in [7, 11) is 0. The molecular weight excluding hydrogens is 386 g/mol. The van der Waals surface area contributed by atoms with Gasteiger partial charge >= 0.3 is 5.97 Å². The molecular formula is C21H19N5O4. The Morgan fingerprint density at radius 3 is 2.50 bits per heavy atom. The van der Waals surface area contributed by atoms with Gasteiger partial charge in [-0.15, -0.1) is 0 Å². The van der Waals surface area contributed by atoms with Gasteiger partial charge in [-0.25, -0.2) is 14.5 Å². The minimum atomic E-state index is -0.575. The summed E-state index contributed by atoms with van der Waals surface area (Å²) in [5, 5.41) is 8.03. The number of hydrogen-bond acceptors (Lipinski definition) is 7. The van der Waals surface area contributed by atoms with E-state index < -0.39 is 5.97 Å². The zero-order valence-corrected chi connectivity index (χ0v) is 16.7. The molecule has 9 nitrogen and oxygen atoms in total. The number of esters is 1. The summed E-state index contributed by atoms with van der Waals surface area (Å²) in [6, 6.07) is 10.2. The molecule has 0 amide bonds. The maximum Gasteiger partial charge on any atom is 0.338 e. The lowest BCUT2D eigenvalue weighted by atomic mass is 10.1. The molecule has 0 fully saturated rings. The van der Waals surface area contributed by atoms with Crippen LogP contribution in [0, 0.1) is 20.8 Å². The van der Waals surface area contributed by atoms with Crippen molar-refractivity contribution >= 4 is 11.8 Å². The van der Waals surface area contributed by atoms with Crippen LogP contribution in [-0.4, -0.2) is 42.8 Å². The molecule has 0 spiro atoms. The van der Waals surface area contributed by atoms with Crippen molar-refractivity contribution in [2.45, 2.75) is 20.8 Å². The molecule has 1 aromatic carbocycles. The van der Waals surface area contributed by atoms with Crippen LogP contribution in [0.5, 0.6) is 0 Å². The normalized spacial score (nSPS) is 10.9. The minimum absolute atomic E-state index is 0.290. The third-order valence-corrected chi connectivity index (χ3v) is 4.70. The van der Waals surface area contributed by atoms with E-state index in [1.165, 1.54) is 6.33 Å². The van der Waals surface area contributed by atoms with E-state index in [9.17, 15) is 9.59 Å². The molecule has 4 rings (SSSR count). The predicted molar refractivity (Wildman–Crippen MR) is 106 cm³/mol. The van der Waals surface area contributed by atoms with E-state index in [1.807, 2.05) is 18.4 Å². The number of ketones is 1. The number of aromatic nitrogens is 5. The lowest BCUT2D eigenvalue weighted by Gasteiger charge is -2.07. The van der Waals surface area contributed by atoms with Gasteiger partial charge in [0.2, 0.25) is 5.78 Å². The second-order valence-electron chi connectivity index (χ2n) is 6.80. The van der Waals surface area contributed by atoms with E-state index >= 15 is 0 Å². The topological polar surface area (TPSA) is 105 Å². The van der Waals surface area contributed by atoms with Gasteiger partial charge in [0.05, 0.1) is 11.3 Å². The second kappa shape index (κ2) is 7.78. The quantitative estimate of drug-likeness (QED) is 0.359. The van der Waals surface area contributed by atoms with Crippen LogP contribution in [0.3, 0.4) is 0 Å². The van der Waals surface area contributed by atoms with E-state index in [2.05, 4.69) is 15.2 Å². The summed E-state index contributed by atoms with van der Waals surface area (Å²) in [4.78, 5) is 28.9. The molecule has 3 aromatic heterocycles. The number of aryl methyl sites for hydroxylation is 2. The molecule has 0 radical (unpaired) electrons. The van der Waals surface area contributed by atoms with Crippen molar-refractivity contribution in [2.75, 3.05) is 6.61 Å². The van der Waals surface area contributed by atoms with Crippen LogP contribution in [-0.2, 0) is 4.74 Å². The highest BCUT2D eigenvalue weighted by Gasteiger charge is 2.20. The Labute approximate surface area is 171 Å². The molecule has 0 unspecified atom stereocenters. The van der Waals surface area contributed by atoms with Gasteiger partial charge in [-0.2, -0.15) is 5.10 Å². The van der Waals surface area contributed by atoms with Gasteiger partial charge in [0.25, 0.3) is 0 Å². The van der Waals surface area contributed by atoms with Crippen molar-refractivity contribution in [3.63, 3.8) is 0 Å². The number of hydrogen-bond donors (Lipinski definition) is 0. The summed E-state index contributed by atoms with van der Waals surface area (Å²) in [5.41, 5.74) is 3.12. The van der Waals surface area contributed by atoms with Gasteiger partial charge in [-0.3, -0.25) is 9.36 Å². The van der Waals surface area contributed by atoms with Crippen molar-refractivity contribution < 1.29 is 18.8 Å². The van der Waals surface area contributed by atoms with Crippen molar-refractivity contribution in [2.24, 2.45) is 0 Å². The Balaban J connectivity index is 1.44. The van der Waals surface area contributed by atoms with Crippen molar-refractivity contribution in [3.05, 3.63) is 77.3 Å². The SMILES string of the molecule is Cc1cc(-n2c(C)cc(C(=O)COC(=O)c3ccc(-n4cncn4)cc3)c2C)no1. The summed E-state index contributed by atoms with van der Waals surface area (Å²) in [6.07, 6.45) is 2.98. The van der Waals surface area contributed by atoms with Gasteiger partial charge in [0, 0.05) is 23.0 Å². The van der Waals surface area contributed by atoms with Crippen LogP contribution >= 0.6 is 0 Å². The maximum absolute atomic E-state index is 12.7. The van der Waals surface area contributed by atoms with E-state index in [-0.39, 0.29) is 12.4 Å². The van der Waals surface area contributed by atoms with Crippen molar-refractivity contribution in [1.29, 1.82) is 0 Å². The molecule has 0 N–H and O–H groups in total. The number of nitrogens with zero attached hydrogens (tertiary/aromatic N) is 5. The number of Topliss-reactive ketones (excluding diaryl/α,β-unsaturated/α-hetero) is 1. The minimum Gasteiger partial charge on any atom is -0.454 e. The Kier molecular flexibility index (Phi) is 5.01. The molecule has 3 heterocycles. The molecule has 0 aliphatic heterocycles. The van der Waals surface area contributed by atoms with Crippen molar-refractivity contribution in [1.82, 2.24) is 24.5 Å². The van der Waals surface area contributed by atoms with E-state index in [0.717, 1.165) is 11.4 Å². The molecule has 30 heavy (non-hydrogen) atoms. The van der Waals surface area contributed by atoms with Crippen LogP contribution in [0.2, 0.25) is 0 Å². The average Bonchev–Trinajstić information content (AvgIpc) is 3.47. The van der Waals surface area contributed by atoms with Crippen LogP contribution in [0.15, 0.2) is 53.6 Å². The Morgan fingerprint density at radius 2 is 1.87 bits per heavy atom. The van der Waals surface area contributed by atoms with Gasteiger partial charge in [-0.1, -0.05) is 5.16 Å². The molecule has 0 saturated carbocycles. The van der Waals surface area contributed by atoms with Crippen LogP contribution in [0.25, 0.3) is 11.5 Å². The number of rotatable bonds is 6. The number of benzene rings is 1. The highest BCUT2D eigenvalue weighted by molar-refractivity contribution is 6.00. The summed E-state index contributed by atoms with van der Waals surface area (Å²) in [6.45, 7) is 5.13. The number of carbonyl (C=O) groups is 2. The first-order valence-corrected chi connectivity index (χ1v) is 9.22. The maximum atomic E-state index is 12.7. The highest BCUT2D eigenvalue weighted by Crippen LogP contribution is 2.21. The zero-order valence-electron chi connectivity index (χ0n) is 16.7. The van der Waals surface area contributed by atoms with Gasteiger partial charge in [0.15, 0.2) is 12.4 Å². The molecule has 0 aliphatic carbocycles. The van der Waals surface area contributed by atoms with Gasteiger partial charge < -0.3 is 9.26 Å². The fraction of sp³-hybridized carbons (Fsp3) is 0.190. The fourth-order valence-electron chi connectivity index (χ4n) is 3.24. The molecule has 9 heteroatoms. The second-order valence-corrected chi connectivity index (χ2v) is 6.80. The standard InChI is InChI=1S/C21H19N5O4/c1-13-8-18(15(3)26(13)20-9-14(2)30-24-20)19(27)10-29-21(28)16-4-6-17(7-5-16)25-12-22-11-23-25/h4-9,11-12H,10H2,1-3H3. The Morgan fingerprint density at radius 1 is 1.10 bits per heavy atom. The van der Waals surface area contributed by atoms with Crippen LogP contribution in [0.1, 0.15) is 37.9 Å². The first kappa shape index (κ1) is 19.3. The Hall–Kier alpha value is -4.01. The lowest BCUT2D eigenvalue weighted by Crippen LogP contribution is -2.15. The van der Waals surface area contributed by atoms with E-state index in [4.69, 9.17) is 9.26 Å². The number of ether oxygens (including phenoxy) is 1. The monoisotopic (exact) mass is 405 g/mol. The van der Waals surface area contributed by atoms with Gasteiger partial charge in [0.1, 0.15) is 18.4 Å². The lowest BCUT2D eigenvalue weighted by molar-refractivity contribution is 0.0474. The molecule has 152 valence electrons. The smallest absolute Gasteiger partial charge is 0.338 e. The van der Waals surface area contributed by atoms with Crippen LogP contribution < -0.4 is 0 Å². The van der Waals surface area contributed by atoms with E-state index in [0.29, 0.717) is 28.4 Å². The average molecular weight is 405 g/mol. The Bertz CT molecular complexity index is 1200. The molecule has 0 atom stereocenters. The predicted octanol–water partition coefficient (Wildman–Crippen LogP) is 3.01. The summed E-state index contributed by atoms with van der Waals surface area (Å²) < 4.78 is 13.7. The van der Waals surface area contributed by atoms with Crippen molar-refractivity contribution in [3.8, 4) is 11.5 Å². The van der Waals surface area contributed by atoms with E-state index in [1.54, 1.807) is 54.3 Å². The molecule has 0 bridgehead atoms. The number of carbonyl (C=O) groups excluding carboxylic acids is 2.